The van der Waals surface area contributed by atoms with Crippen LogP contribution in [0.5, 0.6) is 5.75 Å². The first-order chi connectivity index (χ1) is 9.24. The molecule has 0 atom stereocenters. The molecule has 0 saturated heterocycles. The zero-order valence-electron chi connectivity index (χ0n) is 11.4. The smallest absolute Gasteiger partial charge is 0.306 e. The molecular weight excluding hydrogens is 242 g/mol. The van der Waals surface area contributed by atoms with Crippen molar-refractivity contribution in [2.75, 3.05) is 27.3 Å². The fourth-order valence-corrected chi connectivity index (χ4v) is 2.10. The molecule has 0 radical (unpaired) electrons. The molecule has 4 heteroatoms. The Morgan fingerprint density at radius 1 is 1.26 bits per heavy atom. The lowest BCUT2D eigenvalue weighted by molar-refractivity contribution is -0.140. The molecular formula is C15H19NO3. The Labute approximate surface area is 113 Å². The molecule has 0 aromatic heterocycles. The number of fused-ring (bicyclic) bond motifs is 1. The van der Waals surface area contributed by atoms with Crippen molar-refractivity contribution in [3.05, 3.63) is 29.3 Å². The van der Waals surface area contributed by atoms with Gasteiger partial charge < -0.3 is 14.8 Å². The number of esters is 1. The largest absolute Gasteiger partial charge is 0.497 e. The predicted molar refractivity (Wildman–Crippen MR) is 75.0 cm³/mol. The van der Waals surface area contributed by atoms with Crippen molar-refractivity contribution in [1.29, 1.82) is 0 Å². The molecule has 1 aliphatic carbocycles. The minimum Gasteiger partial charge on any atom is -0.497 e. The summed E-state index contributed by atoms with van der Waals surface area (Å²) in [6.45, 7) is 1.52. The molecule has 4 nitrogen and oxygen atoms in total. The van der Waals surface area contributed by atoms with Gasteiger partial charge in [0, 0.05) is 6.54 Å². The highest BCUT2D eigenvalue weighted by Crippen LogP contribution is 2.36. The first-order valence-corrected chi connectivity index (χ1v) is 6.41. The molecule has 0 fully saturated rings. The number of carbonyl (C=O) groups excluding carboxylic acids is 1. The quantitative estimate of drug-likeness (QED) is 0.603. The molecule has 0 saturated carbocycles. The average molecular weight is 261 g/mol. The number of rotatable bonds is 7. The van der Waals surface area contributed by atoms with E-state index in [1.807, 2.05) is 6.07 Å². The minimum absolute atomic E-state index is 0.176. The highest BCUT2D eigenvalue weighted by molar-refractivity contribution is 5.95. The Kier molecular flexibility index (Phi) is 4.58. The van der Waals surface area contributed by atoms with Crippen LogP contribution in [0.2, 0.25) is 0 Å². The van der Waals surface area contributed by atoms with E-state index < -0.39 is 0 Å². The van der Waals surface area contributed by atoms with E-state index >= 15 is 0 Å². The van der Waals surface area contributed by atoms with Crippen LogP contribution in [0.15, 0.2) is 18.2 Å². The third-order valence-corrected chi connectivity index (χ3v) is 3.24. The molecule has 2 rings (SSSR count). The third kappa shape index (κ3) is 3.35. The molecule has 1 aliphatic rings. The van der Waals surface area contributed by atoms with Gasteiger partial charge in [-0.05, 0) is 41.8 Å². The second kappa shape index (κ2) is 6.38. The van der Waals surface area contributed by atoms with Crippen LogP contribution in [0.1, 0.15) is 24.0 Å². The van der Waals surface area contributed by atoms with Crippen LogP contribution in [0.25, 0.3) is 11.6 Å². The van der Waals surface area contributed by atoms with E-state index in [0.29, 0.717) is 13.0 Å². The summed E-state index contributed by atoms with van der Waals surface area (Å²) >= 11 is 0. The molecule has 1 aromatic rings. The maximum atomic E-state index is 10.9. The lowest BCUT2D eigenvalue weighted by Gasteiger charge is -2.21. The molecule has 0 spiro atoms. The van der Waals surface area contributed by atoms with Crippen LogP contribution in [-0.2, 0) is 9.53 Å². The fraction of sp³-hybridized carbons (Fsp3) is 0.400. The normalized spacial score (nSPS) is 12.2. The van der Waals surface area contributed by atoms with Crippen molar-refractivity contribution in [2.45, 2.75) is 12.8 Å². The molecule has 0 amide bonds. The molecule has 1 N–H and O–H groups in total. The monoisotopic (exact) mass is 261 g/mol. The van der Waals surface area contributed by atoms with Crippen molar-refractivity contribution >= 4 is 17.6 Å². The number of hydrogen-bond donors (Lipinski definition) is 1. The van der Waals surface area contributed by atoms with Gasteiger partial charge in [0.1, 0.15) is 5.75 Å². The van der Waals surface area contributed by atoms with E-state index in [0.717, 1.165) is 18.7 Å². The van der Waals surface area contributed by atoms with Crippen LogP contribution in [0.4, 0.5) is 0 Å². The minimum atomic E-state index is -0.176. The van der Waals surface area contributed by atoms with Crippen molar-refractivity contribution in [3.8, 4) is 5.75 Å². The highest BCUT2D eigenvalue weighted by atomic mass is 16.5. The molecule has 1 aromatic carbocycles. The Bertz CT molecular complexity index is 494. The van der Waals surface area contributed by atoms with Gasteiger partial charge in [0.25, 0.3) is 0 Å². The highest BCUT2D eigenvalue weighted by Gasteiger charge is 2.16. The summed E-state index contributed by atoms with van der Waals surface area (Å²) in [7, 11) is 3.09. The lowest BCUT2D eigenvalue weighted by atomic mass is 9.86. The standard InChI is InChI=1S/C15H19NO3/c1-18-13-4-3-11-9-12(14(11)10-13)5-7-16-8-6-15(17)19-2/h3-4,9-10,16H,5-8H2,1-2H3. The number of ether oxygens (including phenoxy) is 2. The zero-order chi connectivity index (χ0) is 13.7. The number of carbonyl (C=O) groups is 1. The van der Waals surface area contributed by atoms with Gasteiger partial charge in [-0.3, -0.25) is 4.79 Å². The van der Waals surface area contributed by atoms with Crippen LogP contribution >= 0.6 is 0 Å². The summed E-state index contributed by atoms with van der Waals surface area (Å²) in [5.74, 6) is 0.716. The van der Waals surface area contributed by atoms with E-state index in [2.05, 4.69) is 28.3 Å². The zero-order valence-corrected chi connectivity index (χ0v) is 11.4. The van der Waals surface area contributed by atoms with Crippen molar-refractivity contribution < 1.29 is 14.3 Å². The average Bonchev–Trinajstić information content (AvgIpc) is 2.42. The second-order valence-corrected chi connectivity index (χ2v) is 4.45. The Morgan fingerprint density at radius 2 is 2.11 bits per heavy atom. The summed E-state index contributed by atoms with van der Waals surface area (Å²) in [6, 6.07) is 6.11. The Hall–Kier alpha value is -1.81. The van der Waals surface area contributed by atoms with Gasteiger partial charge in [0.15, 0.2) is 0 Å². The maximum Gasteiger partial charge on any atom is 0.306 e. The topological polar surface area (TPSA) is 47.6 Å². The van der Waals surface area contributed by atoms with Crippen molar-refractivity contribution in [2.24, 2.45) is 0 Å². The van der Waals surface area contributed by atoms with Crippen LogP contribution < -0.4 is 10.1 Å². The van der Waals surface area contributed by atoms with E-state index in [1.54, 1.807) is 7.11 Å². The van der Waals surface area contributed by atoms with E-state index in [4.69, 9.17) is 4.74 Å². The number of benzene rings is 1. The SMILES string of the molecule is COC(=O)CCNCCC1=Cc2ccc(OC)cc21. The van der Waals surface area contributed by atoms with Crippen molar-refractivity contribution in [3.63, 3.8) is 0 Å². The van der Waals surface area contributed by atoms with Crippen LogP contribution in [-0.4, -0.2) is 33.3 Å². The van der Waals surface area contributed by atoms with Crippen LogP contribution in [0, 0.1) is 0 Å². The van der Waals surface area contributed by atoms with E-state index in [-0.39, 0.29) is 5.97 Å². The Balaban J connectivity index is 1.72. The van der Waals surface area contributed by atoms with Gasteiger partial charge in [-0.25, -0.2) is 0 Å². The molecule has 0 bridgehead atoms. The van der Waals surface area contributed by atoms with E-state index in [1.165, 1.54) is 23.8 Å². The lowest BCUT2D eigenvalue weighted by Crippen LogP contribution is -2.20. The first kappa shape index (κ1) is 13.6. The summed E-state index contributed by atoms with van der Waals surface area (Å²) < 4.78 is 9.80. The molecule has 0 aliphatic heterocycles. The van der Waals surface area contributed by atoms with Crippen LogP contribution in [0.3, 0.4) is 0 Å². The van der Waals surface area contributed by atoms with Gasteiger partial charge in [0.2, 0.25) is 0 Å². The van der Waals surface area contributed by atoms with Gasteiger partial charge in [-0.2, -0.15) is 0 Å². The van der Waals surface area contributed by atoms with Gasteiger partial charge in [0.05, 0.1) is 20.6 Å². The third-order valence-electron chi connectivity index (χ3n) is 3.24. The molecule has 19 heavy (non-hydrogen) atoms. The number of hydrogen-bond acceptors (Lipinski definition) is 4. The number of nitrogens with one attached hydrogen (secondary N) is 1. The van der Waals surface area contributed by atoms with Gasteiger partial charge >= 0.3 is 5.97 Å². The summed E-state index contributed by atoms with van der Waals surface area (Å²) in [5, 5.41) is 3.24. The van der Waals surface area contributed by atoms with Gasteiger partial charge in [-0.1, -0.05) is 12.1 Å². The Morgan fingerprint density at radius 3 is 2.84 bits per heavy atom. The summed E-state index contributed by atoms with van der Waals surface area (Å²) in [4.78, 5) is 10.9. The number of methoxy groups -OCH3 is 2. The predicted octanol–water partition coefficient (Wildman–Crippen LogP) is 2.09. The van der Waals surface area contributed by atoms with Crippen molar-refractivity contribution in [1.82, 2.24) is 5.32 Å². The maximum absolute atomic E-state index is 10.9. The fourth-order valence-electron chi connectivity index (χ4n) is 2.10. The first-order valence-electron chi connectivity index (χ1n) is 6.41. The summed E-state index contributed by atoms with van der Waals surface area (Å²) in [5.41, 5.74) is 3.87. The van der Waals surface area contributed by atoms with E-state index in [9.17, 15) is 4.79 Å². The van der Waals surface area contributed by atoms with Gasteiger partial charge in [-0.15, -0.1) is 0 Å². The molecule has 0 unspecified atom stereocenters. The molecule has 0 heterocycles. The second-order valence-electron chi connectivity index (χ2n) is 4.45. The summed E-state index contributed by atoms with van der Waals surface area (Å²) in [6.07, 6.45) is 3.57. The molecule has 102 valence electrons.